The normalized spacial score (nSPS) is 32.5. The number of rotatable bonds is 3. The average molecular weight is 194 g/mol. The van der Waals surface area contributed by atoms with Gasteiger partial charge in [-0.25, -0.2) is 0 Å². The molecule has 1 aliphatic heterocycles. The van der Waals surface area contributed by atoms with Crippen LogP contribution in [0.15, 0.2) is 0 Å². The number of aliphatic hydroxyl groups excluding tert-OH is 1. The molecule has 2 rings (SSSR count). The van der Waals surface area contributed by atoms with E-state index in [2.05, 4.69) is 11.0 Å². The van der Waals surface area contributed by atoms with Crippen LogP contribution in [0.5, 0.6) is 0 Å². The topological polar surface area (TPSA) is 47.3 Å². The molecule has 3 heteroatoms. The van der Waals surface area contributed by atoms with Crippen LogP contribution in [0.25, 0.3) is 0 Å². The molecule has 1 saturated heterocycles. The standard InChI is InChI=1S/C11H18N2O/c1-9(14)10-2-5-13(6-10)8-11(7-12)3-4-11/h9-10,14H,2-6,8H2,1H3. The lowest BCUT2D eigenvalue weighted by molar-refractivity contribution is 0.126. The van der Waals surface area contributed by atoms with Gasteiger partial charge in [-0.15, -0.1) is 0 Å². The van der Waals surface area contributed by atoms with Crippen molar-refractivity contribution in [1.82, 2.24) is 4.90 Å². The Morgan fingerprint density at radius 3 is 2.79 bits per heavy atom. The summed E-state index contributed by atoms with van der Waals surface area (Å²) in [6.07, 6.45) is 3.02. The first-order valence-electron chi connectivity index (χ1n) is 5.47. The van der Waals surface area contributed by atoms with Gasteiger partial charge in [0.15, 0.2) is 0 Å². The molecule has 0 bridgehead atoms. The number of likely N-dealkylation sites (tertiary alicyclic amines) is 1. The van der Waals surface area contributed by atoms with E-state index in [1.165, 1.54) is 0 Å². The van der Waals surface area contributed by atoms with E-state index in [9.17, 15) is 5.11 Å². The maximum atomic E-state index is 9.45. The van der Waals surface area contributed by atoms with Crippen LogP contribution < -0.4 is 0 Å². The van der Waals surface area contributed by atoms with Gasteiger partial charge in [-0.05, 0) is 38.6 Å². The summed E-state index contributed by atoms with van der Waals surface area (Å²) in [5.41, 5.74) is -0.0203. The summed E-state index contributed by atoms with van der Waals surface area (Å²) in [4.78, 5) is 2.34. The molecule has 0 aromatic heterocycles. The molecule has 1 heterocycles. The molecule has 78 valence electrons. The number of hydrogen-bond acceptors (Lipinski definition) is 3. The van der Waals surface area contributed by atoms with E-state index in [0.29, 0.717) is 5.92 Å². The quantitative estimate of drug-likeness (QED) is 0.729. The third-order valence-electron chi connectivity index (χ3n) is 3.61. The van der Waals surface area contributed by atoms with Crippen LogP contribution >= 0.6 is 0 Å². The zero-order valence-corrected chi connectivity index (χ0v) is 8.74. The Labute approximate surface area is 85.3 Å². The summed E-state index contributed by atoms with van der Waals surface area (Å²) < 4.78 is 0. The van der Waals surface area contributed by atoms with Crippen molar-refractivity contribution in [3.8, 4) is 6.07 Å². The first-order chi connectivity index (χ1) is 6.65. The Hall–Kier alpha value is -0.590. The van der Waals surface area contributed by atoms with Crippen molar-refractivity contribution < 1.29 is 5.11 Å². The molecule has 1 aliphatic carbocycles. The minimum atomic E-state index is -0.197. The van der Waals surface area contributed by atoms with E-state index in [0.717, 1.165) is 38.9 Å². The Morgan fingerprint density at radius 2 is 2.36 bits per heavy atom. The fraction of sp³-hybridized carbons (Fsp3) is 0.909. The molecular weight excluding hydrogens is 176 g/mol. The Morgan fingerprint density at radius 1 is 1.64 bits per heavy atom. The molecule has 1 saturated carbocycles. The van der Waals surface area contributed by atoms with Crippen molar-refractivity contribution in [2.45, 2.75) is 32.3 Å². The highest BCUT2D eigenvalue weighted by Crippen LogP contribution is 2.46. The van der Waals surface area contributed by atoms with E-state index >= 15 is 0 Å². The summed E-state index contributed by atoms with van der Waals surface area (Å²) in [5, 5.41) is 18.4. The summed E-state index contributed by atoms with van der Waals surface area (Å²) >= 11 is 0. The van der Waals surface area contributed by atoms with Crippen molar-refractivity contribution in [1.29, 1.82) is 5.26 Å². The SMILES string of the molecule is CC(O)C1CCN(CC2(C#N)CC2)C1. The molecule has 3 nitrogen and oxygen atoms in total. The lowest BCUT2D eigenvalue weighted by Gasteiger charge is -2.19. The molecule has 2 atom stereocenters. The third kappa shape index (κ3) is 1.92. The fourth-order valence-electron chi connectivity index (χ4n) is 2.28. The zero-order chi connectivity index (χ0) is 10.2. The van der Waals surface area contributed by atoms with Gasteiger partial charge in [0.25, 0.3) is 0 Å². The van der Waals surface area contributed by atoms with Gasteiger partial charge >= 0.3 is 0 Å². The van der Waals surface area contributed by atoms with Gasteiger partial charge in [-0.3, -0.25) is 0 Å². The minimum absolute atomic E-state index is 0.0203. The highest BCUT2D eigenvalue weighted by atomic mass is 16.3. The molecule has 0 aromatic rings. The first kappa shape index (κ1) is 9.95. The Kier molecular flexibility index (Phi) is 2.50. The lowest BCUT2D eigenvalue weighted by atomic mass is 10.0. The van der Waals surface area contributed by atoms with Crippen LogP contribution in [0.2, 0.25) is 0 Å². The molecule has 2 fully saturated rings. The smallest absolute Gasteiger partial charge is 0.0703 e. The minimum Gasteiger partial charge on any atom is -0.393 e. The molecule has 1 N–H and O–H groups in total. The van der Waals surface area contributed by atoms with Crippen LogP contribution in [0.3, 0.4) is 0 Å². The van der Waals surface area contributed by atoms with Crippen LogP contribution in [0.1, 0.15) is 26.2 Å². The molecule has 0 radical (unpaired) electrons. The number of hydrogen-bond donors (Lipinski definition) is 1. The second kappa shape index (κ2) is 3.52. The number of nitrogens with zero attached hydrogens (tertiary/aromatic N) is 2. The lowest BCUT2D eigenvalue weighted by Crippen LogP contribution is -2.29. The van der Waals surface area contributed by atoms with Crippen LogP contribution in [-0.4, -0.2) is 35.7 Å². The van der Waals surface area contributed by atoms with E-state index in [-0.39, 0.29) is 11.5 Å². The highest BCUT2D eigenvalue weighted by molar-refractivity contribution is 5.11. The maximum absolute atomic E-state index is 9.45. The van der Waals surface area contributed by atoms with Gasteiger partial charge in [0.1, 0.15) is 0 Å². The molecule has 0 spiro atoms. The van der Waals surface area contributed by atoms with Crippen molar-refractivity contribution in [3.63, 3.8) is 0 Å². The van der Waals surface area contributed by atoms with Gasteiger partial charge in [0, 0.05) is 13.1 Å². The van der Waals surface area contributed by atoms with E-state index in [1.807, 2.05) is 6.92 Å². The summed E-state index contributed by atoms with van der Waals surface area (Å²) in [6, 6.07) is 2.42. The molecule has 2 aliphatic rings. The number of aliphatic hydroxyl groups is 1. The monoisotopic (exact) mass is 194 g/mol. The second-order valence-electron chi connectivity index (χ2n) is 4.92. The van der Waals surface area contributed by atoms with Gasteiger partial charge in [0.2, 0.25) is 0 Å². The van der Waals surface area contributed by atoms with Crippen molar-refractivity contribution in [2.75, 3.05) is 19.6 Å². The Balaban J connectivity index is 1.82. The summed E-state index contributed by atoms with van der Waals surface area (Å²) in [5.74, 6) is 0.421. The highest BCUT2D eigenvalue weighted by Gasteiger charge is 2.45. The average Bonchev–Trinajstić information content (AvgIpc) is 2.75. The predicted molar refractivity (Wildman–Crippen MR) is 53.5 cm³/mol. The summed E-state index contributed by atoms with van der Waals surface area (Å²) in [6.45, 7) is 4.82. The van der Waals surface area contributed by atoms with Crippen LogP contribution in [0, 0.1) is 22.7 Å². The molecule has 0 aromatic carbocycles. The first-order valence-corrected chi connectivity index (χ1v) is 5.47. The third-order valence-corrected chi connectivity index (χ3v) is 3.61. The van der Waals surface area contributed by atoms with E-state index in [1.54, 1.807) is 0 Å². The number of nitriles is 1. The summed E-state index contributed by atoms with van der Waals surface area (Å²) in [7, 11) is 0. The molecule has 0 amide bonds. The largest absolute Gasteiger partial charge is 0.393 e. The van der Waals surface area contributed by atoms with Crippen molar-refractivity contribution >= 4 is 0 Å². The maximum Gasteiger partial charge on any atom is 0.0703 e. The van der Waals surface area contributed by atoms with Gasteiger partial charge in [-0.1, -0.05) is 0 Å². The van der Waals surface area contributed by atoms with E-state index < -0.39 is 0 Å². The van der Waals surface area contributed by atoms with Crippen molar-refractivity contribution in [3.05, 3.63) is 0 Å². The van der Waals surface area contributed by atoms with Gasteiger partial charge < -0.3 is 10.0 Å². The second-order valence-corrected chi connectivity index (χ2v) is 4.92. The van der Waals surface area contributed by atoms with Gasteiger partial charge in [-0.2, -0.15) is 5.26 Å². The van der Waals surface area contributed by atoms with Crippen LogP contribution in [-0.2, 0) is 0 Å². The van der Waals surface area contributed by atoms with Crippen LogP contribution in [0.4, 0.5) is 0 Å². The van der Waals surface area contributed by atoms with Gasteiger partial charge in [0.05, 0.1) is 17.6 Å². The molecule has 14 heavy (non-hydrogen) atoms. The Bertz CT molecular complexity index is 253. The predicted octanol–water partition coefficient (Wildman–Crippen LogP) is 0.993. The zero-order valence-electron chi connectivity index (χ0n) is 8.74. The molecular formula is C11H18N2O. The van der Waals surface area contributed by atoms with E-state index in [4.69, 9.17) is 5.26 Å². The van der Waals surface area contributed by atoms with Crippen molar-refractivity contribution in [2.24, 2.45) is 11.3 Å². The fourth-order valence-corrected chi connectivity index (χ4v) is 2.28. The molecule has 2 unspecified atom stereocenters.